The molecule has 2 N–H and O–H groups in total. The zero-order chi connectivity index (χ0) is 15.1. The van der Waals surface area contributed by atoms with Crippen LogP contribution in [0.3, 0.4) is 0 Å². The maximum atomic E-state index is 13.1. The van der Waals surface area contributed by atoms with Crippen LogP contribution in [0.5, 0.6) is 0 Å². The number of carbonyl (C=O) groups excluding carboxylic acids is 2. The highest BCUT2D eigenvalue weighted by molar-refractivity contribution is 6.32. The van der Waals surface area contributed by atoms with E-state index in [9.17, 15) is 19.1 Å². The van der Waals surface area contributed by atoms with E-state index in [4.69, 9.17) is 16.3 Å². The second-order valence-corrected chi connectivity index (χ2v) is 4.85. The molecule has 7 heteroatoms. The van der Waals surface area contributed by atoms with Crippen LogP contribution in [0.15, 0.2) is 29.8 Å². The van der Waals surface area contributed by atoms with E-state index in [2.05, 4.69) is 5.32 Å². The maximum absolute atomic E-state index is 13.1. The number of rotatable bonds is 2. The van der Waals surface area contributed by atoms with Gasteiger partial charge in [0.15, 0.2) is 0 Å². The molecule has 0 fully saturated rings. The summed E-state index contributed by atoms with van der Waals surface area (Å²) in [7, 11) is 0. The highest BCUT2D eigenvalue weighted by Gasteiger charge is 2.49. The molecule has 1 atom stereocenters. The van der Waals surface area contributed by atoms with Gasteiger partial charge in [-0.3, -0.25) is 14.9 Å². The van der Waals surface area contributed by atoms with Crippen LogP contribution >= 0.6 is 11.6 Å². The van der Waals surface area contributed by atoms with Crippen LogP contribution in [0.2, 0.25) is 5.02 Å². The van der Waals surface area contributed by atoms with Gasteiger partial charge in [0.1, 0.15) is 5.82 Å². The zero-order valence-corrected chi connectivity index (χ0v) is 11.4. The molecule has 0 saturated carbocycles. The zero-order valence-electron chi connectivity index (χ0n) is 10.7. The third-order valence-electron chi connectivity index (χ3n) is 2.90. The van der Waals surface area contributed by atoms with Crippen LogP contribution in [0.25, 0.3) is 0 Å². The Balaban J connectivity index is 2.43. The lowest BCUT2D eigenvalue weighted by Crippen LogP contribution is -2.32. The molecule has 1 unspecified atom stereocenters. The molecule has 0 aromatic heterocycles. The highest BCUT2D eigenvalue weighted by atomic mass is 35.5. The van der Waals surface area contributed by atoms with E-state index in [-0.39, 0.29) is 16.5 Å². The monoisotopic (exact) mass is 299 g/mol. The third-order valence-corrected chi connectivity index (χ3v) is 3.22. The third kappa shape index (κ3) is 2.22. The van der Waals surface area contributed by atoms with E-state index >= 15 is 0 Å². The first-order chi connectivity index (χ1) is 9.25. The van der Waals surface area contributed by atoms with E-state index in [1.807, 2.05) is 0 Å². The van der Waals surface area contributed by atoms with Crippen molar-refractivity contribution in [3.63, 3.8) is 0 Å². The van der Waals surface area contributed by atoms with E-state index in [1.165, 1.54) is 19.9 Å². The minimum Gasteiger partial charge on any atom is -0.501 e. The number of hydrogen-bond donors (Lipinski definition) is 2. The Labute approximate surface area is 119 Å². The first kappa shape index (κ1) is 14.3. The molecular formula is C13H11ClFNO4. The summed E-state index contributed by atoms with van der Waals surface area (Å²) in [5, 5.41) is 11.9. The summed E-state index contributed by atoms with van der Waals surface area (Å²) in [4.78, 5) is 23.1. The average Bonchev–Trinajstić information content (AvgIpc) is 2.54. The molecule has 0 aliphatic carbocycles. The summed E-state index contributed by atoms with van der Waals surface area (Å²) >= 11 is 5.91. The number of ether oxygens (including phenoxy) is 1. The number of Topliss-reactive ketones (excluding diaryl/α,β-unsaturated/α-hetero) is 1. The van der Waals surface area contributed by atoms with Crippen molar-refractivity contribution in [2.24, 2.45) is 0 Å². The van der Waals surface area contributed by atoms with Gasteiger partial charge in [0.2, 0.25) is 23.2 Å². The SMILES string of the molecule is CC(=O)NC1=C(O)C(=O)C(C)(c2ccc(F)cc2Cl)O1. The number of ketones is 1. The largest absolute Gasteiger partial charge is 0.501 e. The summed E-state index contributed by atoms with van der Waals surface area (Å²) < 4.78 is 18.4. The number of aliphatic hydroxyl groups is 1. The van der Waals surface area contributed by atoms with Gasteiger partial charge in [-0.2, -0.15) is 0 Å². The second-order valence-electron chi connectivity index (χ2n) is 4.45. The van der Waals surface area contributed by atoms with E-state index in [0.29, 0.717) is 0 Å². The molecule has 0 spiro atoms. The number of halogens is 2. The Kier molecular flexibility index (Phi) is 3.43. The number of nitrogens with one attached hydrogen (secondary N) is 1. The minimum atomic E-state index is -1.62. The van der Waals surface area contributed by atoms with Gasteiger partial charge in [0.25, 0.3) is 5.78 Å². The quantitative estimate of drug-likeness (QED) is 0.877. The highest BCUT2D eigenvalue weighted by Crippen LogP contribution is 2.40. The Bertz CT molecular complexity index is 643. The molecule has 0 radical (unpaired) electrons. The first-order valence-electron chi connectivity index (χ1n) is 5.66. The van der Waals surface area contributed by atoms with E-state index in [1.54, 1.807) is 0 Å². The Morgan fingerprint density at radius 3 is 2.70 bits per heavy atom. The second kappa shape index (κ2) is 4.79. The lowest BCUT2D eigenvalue weighted by molar-refractivity contribution is -0.132. The molecular weight excluding hydrogens is 289 g/mol. The normalized spacial score (nSPS) is 21.9. The molecule has 2 rings (SSSR count). The first-order valence-corrected chi connectivity index (χ1v) is 6.03. The van der Waals surface area contributed by atoms with Crippen LogP contribution in [-0.2, 0) is 19.9 Å². The molecule has 20 heavy (non-hydrogen) atoms. The van der Waals surface area contributed by atoms with Gasteiger partial charge in [-0.1, -0.05) is 17.7 Å². The van der Waals surface area contributed by atoms with Gasteiger partial charge in [-0.05, 0) is 19.1 Å². The molecule has 0 saturated heterocycles. The molecule has 1 heterocycles. The fourth-order valence-corrected chi connectivity index (χ4v) is 2.27. The average molecular weight is 300 g/mol. The van der Waals surface area contributed by atoms with Crippen molar-refractivity contribution in [1.82, 2.24) is 5.32 Å². The Morgan fingerprint density at radius 2 is 2.15 bits per heavy atom. The summed E-state index contributed by atoms with van der Waals surface area (Å²) in [6.07, 6.45) is 0. The van der Waals surface area contributed by atoms with Crippen LogP contribution in [0.1, 0.15) is 19.4 Å². The van der Waals surface area contributed by atoms with Crippen molar-refractivity contribution in [1.29, 1.82) is 0 Å². The van der Waals surface area contributed by atoms with Crippen LogP contribution in [0.4, 0.5) is 4.39 Å². The fourth-order valence-electron chi connectivity index (χ4n) is 1.93. The predicted octanol–water partition coefficient (Wildman–Crippen LogP) is 2.16. The lowest BCUT2D eigenvalue weighted by Gasteiger charge is -2.24. The number of carbonyl (C=O) groups is 2. The number of hydrogen-bond acceptors (Lipinski definition) is 4. The van der Waals surface area contributed by atoms with Crippen molar-refractivity contribution < 1.29 is 23.8 Å². The van der Waals surface area contributed by atoms with Gasteiger partial charge in [0, 0.05) is 12.5 Å². The van der Waals surface area contributed by atoms with Crippen molar-refractivity contribution >= 4 is 23.3 Å². The molecule has 1 aliphatic heterocycles. The number of aliphatic hydroxyl groups excluding tert-OH is 1. The van der Waals surface area contributed by atoms with E-state index < -0.39 is 28.9 Å². The number of amides is 1. The van der Waals surface area contributed by atoms with Crippen molar-refractivity contribution in [2.75, 3.05) is 0 Å². The molecule has 1 aliphatic rings. The van der Waals surface area contributed by atoms with Crippen molar-refractivity contribution in [3.8, 4) is 0 Å². The van der Waals surface area contributed by atoms with Crippen LogP contribution in [-0.4, -0.2) is 16.8 Å². The van der Waals surface area contributed by atoms with Crippen molar-refractivity contribution in [3.05, 3.63) is 46.2 Å². The summed E-state index contributed by atoms with van der Waals surface area (Å²) in [5.74, 6) is -2.89. The number of benzene rings is 1. The molecule has 1 aromatic carbocycles. The van der Waals surface area contributed by atoms with Crippen LogP contribution < -0.4 is 5.32 Å². The van der Waals surface area contributed by atoms with Crippen molar-refractivity contribution in [2.45, 2.75) is 19.4 Å². The van der Waals surface area contributed by atoms with Crippen LogP contribution in [0, 0.1) is 5.82 Å². The minimum absolute atomic E-state index is 0.0160. The van der Waals surface area contributed by atoms with Gasteiger partial charge in [-0.15, -0.1) is 0 Å². The predicted molar refractivity (Wildman–Crippen MR) is 68.3 cm³/mol. The fraction of sp³-hybridized carbons (Fsp3) is 0.231. The van der Waals surface area contributed by atoms with Gasteiger partial charge >= 0.3 is 0 Å². The molecule has 1 aromatic rings. The summed E-state index contributed by atoms with van der Waals surface area (Å²) in [6, 6.07) is 3.45. The molecule has 1 amide bonds. The summed E-state index contributed by atoms with van der Waals surface area (Å²) in [6.45, 7) is 2.58. The Hall–Kier alpha value is -2.08. The van der Waals surface area contributed by atoms with E-state index in [0.717, 1.165) is 12.1 Å². The van der Waals surface area contributed by atoms with Gasteiger partial charge < -0.3 is 9.84 Å². The van der Waals surface area contributed by atoms with Gasteiger partial charge in [-0.25, -0.2) is 4.39 Å². The molecule has 5 nitrogen and oxygen atoms in total. The molecule has 0 bridgehead atoms. The topological polar surface area (TPSA) is 75.6 Å². The standard InChI is InChI=1S/C13H11ClFNO4/c1-6(17)16-12-10(18)11(19)13(2,20-12)8-4-3-7(15)5-9(8)14/h3-5,18H,1-2H3,(H,16,17). The maximum Gasteiger partial charge on any atom is 0.250 e. The van der Waals surface area contributed by atoms with Gasteiger partial charge in [0.05, 0.1) is 5.02 Å². The lowest BCUT2D eigenvalue weighted by atomic mass is 9.91. The summed E-state index contributed by atoms with van der Waals surface area (Å²) in [5.41, 5.74) is -1.43. The molecule has 106 valence electrons. The smallest absolute Gasteiger partial charge is 0.250 e. The Morgan fingerprint density at radius 1 is 1.50 bits per heavy atom.